The minimum Gasteiger partial charge on any atom is -0.408 e. The van der Waals surface area contributed by atoms with Crippen molar-refractivity contribution in [3.63, 3.8) is 0 Å². The molecule has 0 spiro atoms. The third-order valence-corrected chi connectivity index (χ3v) is 3.56. The van der Waals surface area contributed by atoms with Gasteiger partial charge in [-0.1, -0.05) is 5.10 Å². The summed E-state index contributed by atoms with van der Waals surface area (Å²) in [6.07, 6.45) is 2.02. The predicted octanol–water partition coefficient (Wildman–Crippen LogP) is 0.0970. The van der Waals surface area contributed by atoms with Crippen LogP contribution in [0, 0.1) is 6.92 Å². The van der Waals surface area contributed by atoms with Gasteiger partial charge in [0, 0.05) is 32.3 Å². The molecule has 10 heteroatoms. The van der Waals surface area contributed by atoms with Crippen LogP contribution >= 0.6 is 0 Å². The van der Waals surface area contributed by atoms with E-state index in [2.05, 4.69) is 25.5 Å². The van der Waals surface area contributed by atoms with Gasteiger partial charge in [0.1, 0.15) is 6.17 Å². The van der Waals surface area contributed by atoms with Crippen LogP contribution < -0.4 is 16.0 Å². The first-order valence-electron chi connectivity index (χ1n) is 7.10. The van der Waals surface area contributed by atoms with E-state index in [1.165, 1.54) is 12.4 Å². The molecular weight excluding hydrogens is 305 g/mol. The van der Waals surface area contributed by atoms with Crippen molar-refractivity contribution in [3.8, 4) is 0 Å². The molecule has 122 valence electrons. The smallest absolute Gasteiger partial charge is 0.318 e. The summed E-state index contributed by atoms with van der Waals surface area (Å²) >= 11 is 0. The summed E-state index contributed by atoms with van der Waals surface area (Å²) in [5.74, 6) is -0.0128. The molecule has 0 aliphatic carbocycles. The first-order chi connectivity index (χ1) is 11.0. The number of nitrogens with one attached hydrogen (secondary N) is 1. The van der Waals surface area contributed by atoms with Crippen molar-refractivity contribution in [1.82, 2.24) is 25.5 Å². The number of rotatable bonds is 4. The molecule has 3 heterocycles. The number of aromatic nitrogens is 4. The second-order valence-corrected chi connectivity index (χ2v) is 5.24. The Morgan fingerprint density at radius 2 is 2.26 bits per heavy atom. The highest BCUT2D eigenvalue weighted by Crippen LogP contribution is 2.25. The van der Waals surface area contributed by atoms with E-state index in [4.69, 9.17) is 10.2 Å². The second kappa shape index (κ2) is 6.15. The number of aryl methyl sites for hydroxylation is 1. The van der Waals surface area contributed by atoms with E-state index in [1.807, 2.05) is 0 Å². The average molecular weight is 321 g/mol. The number of hydrogen-bond acceptors (Lipinski definition) is 8. The standard InChI is InChI=1S/C13H16FN7O2/c1-7-19-20-13(23-7)21-6-8(14)4-9(21)5-18-12(22)10-11(15)17-3-2-16-10/h2-3,8-9H,4-6H2,1H3,(H2,15,17)(H,18,22)/t8-,9-/m0/s1. The minimum atomic E-state index is -1.02. The molecule has 0 aromatic carbocycles. The van der Waals surface area contributed by atoms with Crippen LogP contribution in [0.2, 0.25) is 0 Å². The summed E-state index contributed by atoms with van der Waals surface area (Å²) in [6, 6.07) is -0.0346. The fraction of sp³-hybridized carbons (Fsp3) is 0.462. The lowest BCUT2D eigenvalue weighted by Gasteiger charge is -2.22. The molecule has 1 aliphatic heterocycles. The molecule has 0 saturated carbocycles. The highest BCUT2D eigenvalue weighted by atomic mass is 19.1. The zero-order valence-corrected chi connectivity index (χ0v) is 12.4. The number of anilines is 2. The van der Waals surface area contributed by atoms with Crippen molar-refractivity contribution in [2.45, 2.75) is 25.6 Å². The summed E-state index contributed by atoms with van der Waals surface area (Å²) in [5, 5.41) is 10.3. The Morgan fingerprint density at radius 3 is 2.96 bits per heavy atom. The minimum absolute atomic E-state index is 0.0440. The van der Waals surface area contributed by atoms with Crippen molar-refractivity contribution >= 4 is 17.7 Å². The summed E-state index contributed by atoms with van der Waals surface area (Å²) in [5.41, 5.74) is 5.65. The zero-order valence-electron chi connectivity index (χ0n) is 12.4. The molecule has 2 atom stereocenters. The summed E-state index contributed by atoms with van der Waals surface area (Å²) < 4.78 is 19.1. The Bertz CT molecular complexity index is 707. The van der Waals surface area contributed by atoms with Crippen molar-refractivity contribution in [2.24, 2.45) is 0 Å². The molecule has 3 rings (SSSR count). The number of nitrogens with zero attached hydrogens (tertiary/aromatic N) is 5. The normalized spacial score (nSPS) is 20.7. The topological polar surface area (TPSA) is 123 Å². The van der Waals surface area contributed by atoms with Crippen LogP contribution in [0.15, 0.2) is 16.8 Å². The molecule has 0 unspecified atom stereocenters. The van der Waals surface area contributed by atoms with E-state index < -0.39 is 12.1 Å². The third kappa shape index (κ3) is 3.20. The number of amides is 1. The third-order valence-electron chi connectivity index (χ3n) is 3.56. The lowest BCUT2D eigenvalue weighted by atomic mass is 10.2. The van der Waals surface area contributed by atoms with Gasteiger partial charge < -0.3 is 20.4 Å². The Hall–Kier alpha value is -2.78. The number of carbonyl (C=O) groups excluding carboxylic acids is 1. The Kier molecular flexibility index (Phi) is 4.04. The highest BCUT2D eigenvalue weighted by Gasteiger charge is 2.35. The first-order valence-corrected chi connectivity index (χ1v) is 7.10. The zero-order chi connectivity index (χ0) is 16.4. The molecule has 1 amide bonds. The quantitative estimate of drug-likeness (QED) is 0.812. The van der Waals surface area contributed by atoms with Gasteiger partial charge in [-0.2, -0.15) is 0 Å². The molecule has 1 fully saturated rings. The second-order valence-electron chi connectivity index (χ2n) is 5.24. The number of halogens is 1. The van der Waals surface area contributed by atoms with Crippen molar-refractivity contribution in [2.75, 3.05) is 23.7 Å². The van der Waals surface area contributed by atoms with Crippen molar-refractivity contribution in [3.05, 3.63) is 24.0 Å². The maximum Gasteiger partial charge on any atom is 0.318 e. The molecule has 0 bridgehead atoms. The number of nitrogen functional groups attached to an aromatic ring is 1. The van der Waals surface area contributed by atoms with E-state index in [-0.39, 0.29) is 43.1 Å². The van der Waals surface area contributed by atoms with Gasteiger partial charge in [-0.05, 0) is 0 Å². The molecular formula is C13H16FN7O2. The SMILES string of the molecule is Cc1nnc(N2C[C@@H](F)C[C@H]2CNC(=O)c2nccnc2N)o1. The predicted molar refractivity (Wildman–Crippen MR) is 78.5 cm³/mol. The lowest BCUT2D eigenvalue weighted by molar-refractivity contribution is 0.0946. The van der Waals surface area contributed by atoms with E-state index in [0.29, 0.717) is 5.89 Å². The van der Waals surface area contributed by atoms with Gasteiger partial charge in [0.05, 0.1) is 12.6 Å². The molecule has 2 aromatic rings. The van der Waals surface area contributed by atoms with Crippen LogP contribution in [-0.2, 0) is 0 Å². The molecule has 3 N–H and O–H groups in total. The molecule has 2 aromatic heterocycles. The van der Waals surface area contributed by atoms with Crippen LogP contribution in [-0.4, -0.2) is 51.4 Å². The average Bonchev–Trinajstić information content (AvgIpc) is 3.11. The van der Waals surface area contributed by atoms with Gasteiger partial charge in [0.2, 0.25) is 5.89 Å². The monoisotopic (exact) mass is 321 g/mol. The highest BCUT2D eigenvalue weighted by molar-refractivity contribution is 5.96. The van der Waals surface area contributed by atoms with Gasteiger partial charge in [-0.3, -0.25) is 4.79 Å². The van der Waals surface area contributed by atoms with Gasteiger partial charge in [0.15, 0.2) is 11.5 Å². The van der Waals surface area contributed by atoms with E-state index in [9.17, 15) is 9.18 Å². The van der Waals surface area contributed by atoms with Gasteiger partial charge in [-0.15, -0.1) is 5.10 Å². The lowest BCUT2D eigenvalue weighted by Crippen LogP contribution is -2.40. The van der Waals surface area contributed by atoms with Gasteiger partial charge >= 0.3 is 6.01 Å². The van der Waals surface area contributed by atoms with E-state index in [0.717, 1.165) is 0 Å². The van der Waals surface area contributed by atoms with Gasteiger partial charge in [0.25, 0.3) is 5.91 Å². The Balaban J connectivity index is 1.67. The Morgan fingerprint density at radius 1 is 1.48 bits per heavy atom. The van der Waals surface area contributed by atoms with Crippen molar-refractivity contribution in [1.29, 1.82) is 0 Å². The summed E-state index contributed by atoms with van der Waals surface area (Å²) in [6.45, 7) is 2.01. The van der Waals surface area contributed by atoms with Gasteiger partial charge in [-0.25, -0.2) is 14.4 Å². The van der Waals surface area contributed by atoms with E-state index >= 15 is 0 Å². The number of carbonyl (C=O) groups is 1. The molecule has 9 nitrogen and oxygen atoms in total. The summed E-state index contributed by atoms with van der Waals surface area (Å²) in [7, 11) is 0. The number of alkyl halides is 1. The maximum absolute atomic E-state index is 13.7. The first kappa shape index (κ1) is 15.1. The molecule has 1 aliphatic rings. The number of hydrogen-bond donors (Lipinski definition) is 2. The van der Waals surface area contributed by atoms with Crippen LogP contribution in [0.25, 0.3) is 0 Å². The van der Waals surface area contributed by atoms with E-state index in [1.54, 1.807) is 11.8 Å². The fourth-order valence-electron chi connectivity index (χ4n) is 2.51. The van der Waals surface area contributed by atoms with Crippen LogP contribution in [0.3, 0.4) is 0 Å². The van der Waals surface area contributed by atoms with Crippen LogP contribution in [0.5, 0.6) is 0 Å². The Labute approximate surface area is 131 Å². The molecule has 23 heavy (non-hydrogen) atoms. The molecule has 1 saturated heterocycles. The van der Waals surface area contributed by atoms with Crippen LogP contribution in [0.4, 0.5) is 16.2 Å². The summed E-state index contributed by atoms with van der Waals surface area (Å²) in [4.78, 5) is 21.5. The van der Waals surface area contributed by atoms with Crippen molar-refractivity contribution < 1.29 is 13.6 Å². The maximum atomic E-state index is 13.7. The largest absolute Gasteiger partial charge is 0.408 e. The van der Waals surface area contributed by atoms with Crippen LogP contribution in [0.1, 0.15) is 22.8 Å². The molecule has 0 radical (unpaired) electrons. The fourth-order valence-corrected chi connectivity index (χ4v) is 2.51. The number of nitrogens with two attached hydrogens (primary N) is 1.